The average molecular weight is 359 g/mol. The van der Waals surface area contributed by atoms with Crippen molar-refractivity contribution in [2.75, 3.05) is 18.0 Å². The minimum Gasteiger partial charge on any atom is -0.436 e. The summed E-state index contributed by atoms with van der Waals surface area (Å²) in [6, 6.07) is 12.8. The zero-order valence-corrected chi connectivity index (χ0v) is 14.6. The van der Waals surface area contributed by atoms with Crippen molar-refractivity contribution in [2.24, 2.45) is 0 Å². The molecule has 5 rings (SSSR count). The summed E-state index contributed by atoms with van der Waals surface area (Å²) in [6.45, 7) is 2.13. The van der Waals surface area contributed by atoms with E-state index >= 15 is 0 Å². The Morgan fingerprint density at radius 1 is 0.852 bits per heavy atom. The van der Waals surface area contributed by atoms with Crippen molar-refractivity contribution in [3.05, 3.63) is 60.8 Å². The van der Waals surface area contributed by atoms with Crippen LogP contribution in [0.1, 0.15) is 12.8 Å². The standard InChI is InChI=1S/C21H17FN4O/c22-19-7-4-15(12-23-19)14-3-6-18-17(11-14)25-21(27-18)16-5-8-20(24-13-16)26-9-1-2-10-26/h3-8,11-13H,1-2,9-10H2/i22-1. The van der Waals surface area contributed by atoms with Crippen LogP contribution in [0.15, 0.2) is 59.3 Å². The van der Waals surface area contributed by atoms with E-state index in [0.29, 0.717) is 11.5 Å². The van der Waals surface area contributed by atoms with Crippen LogP contribution in [0.2, 0.25) is 0 Å². The van der Waals surface area contributed by atoms with E-state index in [1.54, 1.807) is 6.07 Å². The summed E-state index contributed by atoms with van der Waals surface area (Å²) in [5.41, 5.74) is 4.04. The molecule has 1 aromatic carbocycles. The number of hydrogen-bond donors (Lipinski definition) is 0. The first-order valence-corrected chi connectivity index (χ1v) is 9.00. The Kier molecular flexibility index (Phi) is 3.81. The quantitative estimate of drug-likeness (QED) is 0.497. The second-order valence-electron chi connectivity index (χ2n) is 6.67. The molecule has 0 radical (unpaired) electrons. The molecule has 0 atom stereocenters. The van der Waals surface area contributed by atoms with Gasteiger partial charge in [-0.25, -0.2) is 15.0 Å². The Labute approximate surface area is 155 Å². The highest BCUT2D eigenvalue weighted by atomic mass is 18.2. The van der Waals surface area contributed by atoms with Gasteiger partial charge >= 0.3 is 0 Å². The smallest absolute Gasteiger partial charge is 0.228 e. The van der Waals surface area contributed by atoms with Crippen LogP contribution in [-0.4, -0.2) is 28.0 Å². The van der Waals surface area contributed by atoms with Crippen LogP contribution in [0.5, 0.6) is 0 Å². The summed E-state index contributed by atoms with van der Waals surface area (Å²) in [4.78, 5) is 15.2. The fourth-order valence-corrected chi connectivity index (χ4v) is 3.42. The molecule has 3 aromatic heterocycles. The number of nitrogens with zero attached hydrogens (tertiary/aromatic N) is 4. The van der Waals surface area contributed by atoms with Crippen molar-refractivity contribution in [1.29, 1.82) is 0 Å². The lowest BCUT2D eigenvalue weighted by Crippen LogP contribution is -2.18. The first kappa shape index (κ1) is 15.9. The van der Waals surface area contributed by atoms with Crippen LogP contribution in [0, 0.1) is 5.95 Å². The molecule has 0 N–H and O–H groups in total. The number of benzene rings is 1. The number of fused-ring (bicyclic) bond motifs is 1. The van der Waals surface area contributed by atoms with Gasteiger partial charge in [-0.2, -0.15) is 4.39 Å². The molecule has 27 heavy (non-hydrogen) atoms. The van der Waals surface area contributed by atoms with Gasteiger partial charge < -0.3 is 9.32 Å². The summed E-state index contributed by atoms with van der Waals surface area (Å²) in [6.07, 6.45) is 5.77. The van der Waals surface area contributed by atoms with Gasteiger partial charge in [0.15, 0.2) is 5.58 Å². The van der Waals surface area contributed by atoms with Crippen molar-refractivity contribution >= 4 is 16.9 Å². The van der Waals surface area contributed by atoms with Gasteiger partial charge in [-0.05, 0) is 54.8 Å². The van der Waals surface area contributed by atoms with Gasteiger partial charge in [0, 0.05) is 31.0 Å². The minimum atomic E-state index is -0.492. The molecule has 0 amide bonds. The van der Waals surface area contributed by atoms with Gasteiger partial charge in [-0.15, -0.1) is 0 Å². The summed E-state index contributed by atoms with van der Waals surface area (Å²) in [5, 5.41) is 0. The lowest BCUT2D eigenvalue weighted by molar-refractivity contribution is 0.584. The summed E-state index contributed by atoms with van der Waals surface area (Å²) in [7, 11) is 0. The van der Waals surface area contributed by atoms with E-state index in [1.807, 2.05) is 36.5 Å². The predicted octanol–water partition coefficient (Wildman–Crippen LogP) is 4.69. The van der Waals surface area contributed by atoms with E-state index in [2.05, 4.69) is 19.9 Å². The third kappa shape index (κ3) is 3.03. The normalized spacial score (nSPS) is 14.2. The molecule has 1 saturated heterocycles. The second-order valence-corrected chi connectivity index (χ2v) is 6.67. The Morgan fingerprint density at radius 2 is 1.63 bits per heavy atom. The fraction of sp³-hybridized carbons (Fsp3) is 0.190. The molecular formula is C21H17FN4O. The first-order valence-electron chi connectivity index (χ1n) is 9.00. The minimum absolute atomic E-state index is 0.492. The zero-order chi connectivity index (χ0) is 18.2. The van der Waals surface area contributed by atoms with Gasteiger partial charge in [-0.1, -0.05) is 6.07 Å². The van der Waals surface area contributed by atoms with Crippen molar-refractivity contribution < 1.29 is 8.81 Å². The van der Waals surface area contributed by atoms with Crippen molar-refractivity contribution in [3.63, 3.8) is 0 Å². The number of hydrogen-bond acceptors (Lipinski definition) is 5. The topological polar surface area (TPSA) is 55.1 Å². The van der Waals surface area contributed by atoms with E-state index in [-0.39, 0.29) is 0 Å². The molecule has 4 heterocycles. The maximum absolute atomic E-state index is 13.0. The Hall–Kier alpha value is -3.28. The lowest BCUT2D eigenvalue weighted by Gasteiger charge is -2.15. The summed E-state index contributed by atoms with van der Waals surface area (Å²) in [5.74, 6) is 1.05. The molecule has 1 fully saturated rings. The number of anilines is 1. The van der Waals surface area contributed by atoms with E-state index < -0.39 is 5.95 Å². The average Bonchev–Trinajstić information content (AvgIpc) is 3.38. The number of oxazole rings is 1. The van der Waals surface area contributed by atoms with Crippen LogP contribution < -0.4 is 4.90 Å². The van der Waals surface area contributed by atoms with Crippen LogP contribution in [-0.2, 0) is 0 Å². The van der Waals surface area contributed by atoms with Crippen molar-refractivity contribution in [1.82, 2.24) is 15.0 Å². The van der Waals surface area contributed by atoms with Gasteiger partial charge in [0.05, 0.1) is 5.56 Å². The van der Waals surface area contributed by atoms with Gasteiger partial charge in [0.25, 0.3) is 0 Å². The molecule has 1 aliphatic heterocycles. The van der Waals surface area contributed by atoms with E-state index in [4.69, 9.17) is 4.42 Å². The number of rotatable bonds is 3. The highest BCUT2D eigenvalue weighted by molar-refractivity contribution is 5.82. The number of halogens is 1. The number of aromatic nitrogens is 3. The number of pyridine rings is 2. The second kappa shape index (κ2) is 6.46. The molecular weight excluding hydrogens is 342 g/mol. The van der Waals surface area contributed by atoms with Crippen LogP contribution in [0.25, 0.3) is 33.7 Å². The molecule has 0 bridgehead atoms. The van der Waals surface area contributed by atoms with Crippen LogP contribution in [0.3, 0.4) is 0 Å². The third-order valence-corrected chi connectivity index (χ3v) is 4.87. The van der Waals surface area contributed by atoms with Crippen molar-refractivity contribution in [3.8, 4) is 22.6 Å². The lowest BCUT2D eigenvalue weighted by atomic mass is 10.1. The molecule has 4 aromatic rings. The molecule has 0 unspecified atom stereocenters. The highest BCUT2D eigenvalue weighted by Crippen LogP contribution is 2.29. The molecule has 0 aliphatic carbocycles. The molecule has 6 heteroatoms. The Morgan fingerprint density at radius 3 is 2.37 bits per heavy atom. The predicted molar refractivity (Wildman–Crippen MR) is 102 cm³/mol. The van der Waals surface area contributed by atoms with Gasteiger partial charge in [0.1, 0.15) is 11.3 Å². The fourth-order valence-electron chi connectivity index (χ4n) is 3.42. The third-order valence-electron chi connectivity index (χ3n) is 4.87. The van der Waals surface area contributed by atoms with Crippen molar-refractivity contribution in [2.45, 2.75) is 12.8 Å². The van der Waals surface area contributed by atoms with E-state index in [9.17, 15) is 4.39 Å². The maximum Gasteiger partial charge on any atom is 0.228 e. The van der Waals surface area contributed by atoms with Crippen LogP contribution in [0.4, 0.5) is 10.2 Å². The largest absolute Gasteiger partial charge is 0.436 e. The Bertz CT molecular complexity index is 1080. The SMILES string of the molecule is [18F]c1ccc(-c2ccc3oc(-c4ccc(N5CCCC5)nc4)nc3c2)cn1. The summed E-state index contributed by atoms with van der Waals surface area (Å²) >= 11 is 0. The molecule has 134 valence electrons. The van der Waals surface area contributed by atoms with E-state index in [1.165, 1.54) is 25.1 Å². The summed E-state index contributed by atoms with van der Waals surface area (Å²) < 4.78 is 18.9. The molecule has 0 saturated carbocycles. The molecule has 1 aliphatic rings. The monoisotopic (exact) mass is 359 g/mol. The molecule has 0 spiro atoms. The Balaban J connectivity index is 1.46. The van der Waals surface area contributed by atoms with Crippen LogP contribution >= 0.6 is 0 Å². The maximum atomic E-state index is 13.0. The zero-order valence-electron chi connectivity index (χ0n) is 14.6. The first-order chi connectivity index (χ1) is 13.3. The van der Waals surface area contributed by atoms with Gasteiger partial charge in [-0.3, -0.25) is 0 Å². The molecule has 5 nitrogen and oxygen atoms in total. The van der Waals surface area contributed by atoms with E-state index in [0.717, 1.165) is 41.1 Å². The highest BCUT2D eigenvalue weighted by Gasteiger charge is 2.15. The van der Waals surface area contributed by atoms with Gasteiger partial charge in [0.2, 0.25) is 11.8 Å².